The van der Waals surface area contributed by atoms with Crippen LogP contribution in [0.5, 0.6) is 0 Å². The molecule has 3 aliphatic rings. The minimum absolute atomic E-state index is 0.123. The SMILES string of the molecule is CN1C(=O)[C@@](CCC2CCCCC2)(C[C@@H]2CCC[C@H](NCCc3cccnc3)C2)N=C1N. The monoisotopic (exact) mass is 439 g/mol. The van der Waals surface area contributed by atoms with Crippen molar-refractivity contribution in [2.24, 2.45) is 22.6 Å². The zero-order chi connectivity index (χ0) is 22.4. The molecule has 0 radical (unpaired) electrons. The fraction of sp³-hybridized carbons (Fsp3) is 0.731. The van der Waals surface area contributed by atoms with Crippen LogP contribution < -0.4 is 11.1 Å². The largest absolute Gasteiger partial charge is 0.369 e. The summed E-state index contributed by atoms with van der Waals surface area (Å²) in [5, 5.41) is 3.77. The molecular weight excluding hydrogens is 398 g/mol. The Balaban J connectivity index is 1.34. The van der Waals surface area contributed by atoms with Crippen molar-refractivity contribution >= 4 is 11.9 Å². The molecule has 0 saturated heterocycles. The number of nitrogens with zero attached hydrogens (tertiary/aromatic N) is 3. The van der Waals surface area contributed by atoms with Crippen LogP contribution in [-0.2, 0) is 11.2 Å². The van der Waals surface area contributed by atoms with E-state index in [0.717, 1.165) is 44.6 Å². The first-order chi connectivity index (χ1) is 15.6. The Morgan fingerprint density at radius 1 is 1.16 bits per heavy atom. The summed E-state index contributed by atoms with van der Waals surface area (Å²) in [7, 11) is 1.78. The average molecular weight is 440 g/mol. The van der Waals surface area contributed by atoms with E-state index in [1.54, 1.807) is 11.9 Å². The summed E-state index contributed by atoms with van der Waals surface area (Å²) in [6, 6.07) is 4.66. The third kappa shape index (κ3) is 5.69. The van der Waals surface area contributed by atoms with Gasteiger partial charge in [0.25, 0.3) is 5.91 Å². The topological polar surface area (TPSA) is 83.6 Å². The number of hydrogen-bond donors (Lipinski definition) is 2. The van der Waals surface area contributed by atoms with Crippen LogP contribution in [0.1, 0.15) is 82.6 Å². The number of amides is 1. The van der Waals surface area contributed by atoms with Crippen LogP contribution in [-0.4, -0.2) is 46.9 Å². The smallest absolute Gasteiger partial charge is 0.257 e. The lowest BCUT2D eigenvalue weighted by Crippen LogP contribution is -2.45. The molecule has 32 heavy (non-hydrogen) atoms. The number of aromatic nitrogens is 1. The fourth-order valence-corrected chi connectivity index (χ4v) is 6.18. The Labute approximate surface area is 193 Å². The first kappa shape index (κ1) is 23.2. The van der Waals surface area contributed by atoms with Gasteiger partial charge in [-0.05, 0) is 68.5 Å². The third-order valence-electron chi connectivity index (χ3n) is 8.04. The molecule has 1 aliphatic heterocycles. The highest BCUT2D eigenvalue weighted by Gasteiger charge is 2.47. The Hall–Kier alpha value is -1.95. The van der Waals surface area contributed by atoms with Crippen LogP contribution >= 0.6 is 0 Å². The summed E-state index contributed by atoms with van der Waals surface area (Å²) in [6.07, 6.45) is 19.0. The molecule has 6 heteroatoms. The third-order valence-corrected chi connectivity index (χ3v) is 8.04. The molecular formula is C26H41N5O. The number of likely N-dealkylation sites (N-methyl/N-ethyl adjacent to an activating group) is 1. The molecule has 0 bridgehead atoms. The molecule has 0 aromatic carbocycles. The molecule has 1 aromatic rings. The predicted octanol–water partition coefficient (Wildman–Crippen LogP) is 4.05. The lowest BCUT2D eigenvalue weighted by atomic mass is 9.74. The molecule has 2 fully saturated rings. The fourth-order valence-electron chi connectivity index (χ4n) is 6.18. The van der Waals surface area contributed by atoms with Crippen LogP contribution in [0.2, 0.25) is 0 Å². The summed E-state index contributed by atoms with van der Waals surface area (Å²) in [5.74, 6) is 1.81. The molecule has 0 spiro atoms. The number of carbonyl (C=O) groups is 1. The second-order valence-electron chi connectivity index (χ2n) is 10.4. The maximum atomic E-state index is 13.3. The molecule has 2 aliphatic carbocycles. The maximum Gasteiger partial charge on any atom is 0.257 e. The van der Waals surface area contributed by atoms with Gasteiger partial charge in [-0.1, -0.05) is 51.0 Å². The Morgan fingerprint density at radius 3 is 2.69 bits per heavy atom. The quantitative estimate of drug-likeness (QED) is 0.608. The minimum Gasteiger partial charge on any atom is -0.369 e. The molecule has 4 rings (SSSR count). The molecule has 3 N–H and O–H groups in total. The van der Waals surface area contributed by atoms with E-state index in [2.05, 4.69) is 16.4 Å². The van der Waals surface area contributed by atoms with Crippen LogP contribution in [0.25, 0.3) is 0 Å². The van der Waals surface area contributed by atoms with E-state index in [1.165, 1.54) is 56.9 Å². The second-order valence-corrected chi connectivity index (χ2v) is 10.4. The molecule has 3 atom stereocenters. The van der Waals surface area contributed by atoms with Crippen LogP contribution in [0.15, 0.2) is 29.5 Å². The van der Waals surface area contributed by atoms with E-state index in [1.807, 2.05) is 18.5 Å². The van der Waals surface area contributed by atoms with Gasteiger partial charge in [0.2, 0.25) is 0 Å². The zero-order valence-electron chi connectivity index (χ0n) is 19.8. The minimum atomic E-state index is -0.626. The maximum absolute atomic E-state index is 13.3. The van der Waals surface area contributed by atoms with Gasteiger partial charge in [0, 0.05) is 25.5 Å². The number of rotatable bonds is 9. The first-order valence-corrected chi connectivity index (χ1v) is 12.8. The van der Waals surface area contributed by atoms with E-state index in [9.17, 15) is 4.79 Å². The number of hydrogen-bond acceptors (Lipinski definition) is 5. The van der Waals surface area contributed by atoms with Gasteiger partial charge >= 0.3 is 0 Å². The standard InChI is InChI=1S/C26H41N5O/c1-31-24(32)26(30-25(31)27,14-12-20-7-3-2-4-8-20)18-22-9-5-11-23(17-22)29-16-13-21-10-6-15-28-19-21/h6,10,15,19-20,22-23,29H,2-5,7-9,11-14,16-18H2,1H3,(H2,27,30)/t22-,23+,26-/m1/s1. The lowest BCUT2D eigenvalue weighted by Gasteiger charge is -2.35. The van der Waals surface area contributed by atoms with Gasteiger partial charge in [-0.25, -0.2) is 4.99 Å². The summed E-state index contributed by atoms with van der Waals surface area (Å²) < 4.78 is 0. The normalized spacial score (nSPS) is 29.3. The average Bonchev–Trinajstić information content (AvgIpc) is 3.03. The molecule has 1 aromatic heterocycles. The summed E-state index contributed by atoms with van der Waals surface area (Å²) in [6.45, 7) is 0.975. The predicted molar refractivity (Wildman–Crippen MR) is 129 cm³/mol. The molecule has 176 valence electrons. The van der Waals surface area contributed by atoms with E-state index in [-0.39, 0.29) is 5.91 Å². The highest BCUT2D eigenvalue weighted by Crippen LogP contribution is 2.40. The van der Waals surface area contributed by atoms with E-state index in [4.69, 9.17) is 10.7 Å². The van der Waals surface area contributed by atoms with Crippen molar-refractivity contribution < 1.29 is 4.79 Å². The summed E-state index contributed by atoms with van der Waals surface area (Å²) in [4.78, 5) is 23.9. The van der Waals surface area contributed by atoms with Crippen LogP contribution in [0.3, 0.4) is 0 Å². The Bertz CT molecular complexity index is 776. The number of nitrogens with two attached hydrogens (primary N) is 1. The van der Waals surface area contributed by atoms with Gasteiger partial charge in [-0.15, -0.1) is 0 Å². The number of carbonyl (C=O) groups excluding carboxylic acids is 1. The molecule has 6 nitrogen and oxygen atoms in total. The van der Waals surface area contributed by atoms with E-state index in [0.29, 0.717) is 17.9 Å². The molecule has 0 unspecified atom stereocenters. The van der Waals surface area contributed by atoms with Crippen LogP contribution in [0.4, 0.5) is 0 Å². The summed E-state index contributed by atoms with van der Waals surface area (Å²) in [5.41, 5.74) is 6.79. The van der Waals surface area contributed by atoms with E-state index < -0.39 is 5.54 Å². The van der Waals surface area contributed by atoms with Crippen molar-refractivity contribution in [2.45, 2.75) is 95.1 Å². The van der Waals surface area contributed by atoms with Gasteiger partial charge in [-0.3, -0.25) is 14.7 Å². The van der Waals surface area contributed by atoms with Crippen molar-refractivity contribution in [1.82, 2.24) is 15.2 Å². The Kier molecular flexibility index (Phi) is 7.82. The highest BCUT2D eigenvalue weighted by molar-refractivity contribution is 6.06. The van der Waals surface area contributed by atoms with Gasteiger partial charge < -0.3 is 11.1 Å². The van der Waals surface area contributed by atoms with Crippen molar-refractivity contribution in [3.63, 3.8) is 0 Å². The van der Waals surface area contributed by atoms with Gasteiger partial charge in [0.1, 0.15) is 5.54 Å². The van der Waals surface area contributed by atoms with Gasteiger partial charge in [-0.2, -0.15) is 0 Å². The van der Waals surface area contributed by atoms with Crippen molar-refractivity contribution in [2.75, 3.05) is 13.6 Å². The molecule has 1 amide bonds. The van der Waals surface area contributed by atoms with Crippen molar-refractivity contribution in [3.05, 3.63) is 30.1 Å². The van der Waals surface area contributed by atoms with Gasteiger partial charge in [0.05, 0.1) is 0 Å². The summed E-state index contributed by atoms with van der Waals surface area (Å²) >= 11 is 0. The molecule has 2 saturated carbocycles. The van der Waals surface area contributed by atoms with Crippen molar-refractivity contribution in [3.8, 4) is 0 Å². The number of guanidine groups is 1. The lowest BCUT2D eigenvalue weighted by molar-refractivity contribution is -0.131. The number of aliphatic imine (C=N–C) groups is 1. The van der Waals surface area contributed by atoms with E-state index >= 15 is 0 Å². The van der Waals surface area contributed by atoms with Gasteiger partial charge in [0.15, 0.2) is 5.96 Å². The second kappa shape index (κ2) is 10.8. The number of pyridine rings is 1. The van der Waals surface area contributed by atoms with Crippen molar-refractivity contribution in [1.29, 1.82) is 0 Å². The number of nitrogens with one attached hydrogen (secondary N) is 1. The zero-order valence-corrected chi connectivity index (χ0v) is 19.8. The van der Waals surface area contributed by atoms with Crippen LogP contribution in [0, 0.1) is 11.8 Å². The first-order valence-electron chi connectivity index (χ1n) is 12.8. The Morgan fingerprint density at radius 2 is 1.97 bits per heavy atom. The highest BCUT2D eigenvalue weighted by atomic mass is 16.2. The molecule has 2 heterocycles.